The highest BCUT2D eigenvalue weighted by molar-refractivity contribution is 6.08. The number of carbonyl (C=O) groups is 2. The Labute approximate surface area is 163 Å². The van der Waals surface area contributed by atoms with Gasteiger partial charge in [-0.15, -0.1) is 0 Å². The number of carbonyl (C=O) groups excluding carboxylic acids is 2. The number of rotatable bonds is 6. The summed E-state index contributed by atoms with van der Waals surface area (Å²) in [6.45, 7) is 3.52. The van der Waals surface area contributed by atoms with Gasteiger partial charge in [-0.2, -0.15) is 0 Å². The summed E-state index contributed by atoms with van der Waals surface area (Å²) >= 11 is 0. The molecule has 4 unspecified atom stereocenters. The first-order valence-electron chi connectivity index (χ1n) is 9.08. The van der Waals surface area contributed by atoms with Crippen LogP contribution in [0.1, 0.15) is 39.6 Å². The van der Waals surface area contributed by atoms with E-state index in [0.29, 0.717) is 16.7 Å². The summed E-state index contributed by atoms with van der Waals surface area (Å²) in [5.41, 5.74) is -0.0323. The normalized spacial score (nSPS) is 25.5. The quantitative estimate of drug-likeness (QED) is 0.743. The second-order valence-corrected chi connectivity index (χ2v) is 7.12. The van der Waals surface area contributed by atoms with Crippen LogP contribution in [0.5, 0.6) is 0 Å². The van der Waals surface area contributed by atoms with Crippen molar-refractivity contribution >= 4 is 11.6 Å². The maximum Gasteiger partial charge on any atom is 0.198 e. The lowest BCUT2D eigenvalue weighted by Crippen LogP contribution is -2.51. The molecule has 1 heterocycles. The van der Waals surface area contributed by atoms with Crippen LogP contribution in [-0.4, -0.2) is 46.9 Å². The predicted octanol–water partition coefficient (Wildman–Crippen LogP) is 2.28. The Kier molecular flexibility index (Phi) is 5.76. The molecule has 148 valence electrons. The van der Waals surface area contributed by atoms with Crippen LogP contribution >= 0.6 is 0 Å². The van der Waals surface area contributed by atoms with Gasteiger partial charge in [0.05, 0.1) is 0 Å². The lowest BCUT2D eigenvalue weighted by Gasteiger charge is -2.28. The fourth-order valence-electron chi connectivity index (χ4n) is 3.58. The standard InChI is InChI=1S/C22H24O6/c1-13-8-4-6-10-15(13)18(23)19(24)21-22(26,12-17(27-3)28-21)20(25)16-11-7-5-9-14(16)2/h4-11,17-18,21,23,26H,12H2,1-3H3. The third kappa shape index (κ3) is 3.52. The van der Waals surface area contributed by atoms with Gasteiger partial charge in [0.15, 0.2) is 29.6 Å². The van der Waals surface area contributed by atoms with Crippen molar-refractivity contribution in [2.45, 2.75) is 44.4 Å². The van der Waals surface area contributed by atoms with Gasteiger partial charge in [0.1, 0.15) is 6.10 Å². The average Bonchev–Trinajstić information content (AvgIpc) is 3.05. The fourth-order valence-corrected chi connectivity index (χ4v) is 3.58. The SMILES string of the molecule is COC1CC(O)(C(=O)c2ccccc2C)C(C(=O)C(O)c2ccccc2C)O1. The molecule has 6 heteroatoms. The van der Waals surface area contributed by atoms with E-state index >= 15 is 0 Å². The minimum absolute atomic E-state index is 0.201. The molecule has 28 heavy (non-hydrogen) atoms. The second kappa shape index (κ2) is 7.93. The van der Waals surface area contributed by atoms with Crippen LogP contribution in [0.15, 0.2) is 48.5 Å². The number of aliphatic hydroxyl groups excluding tert-OH is 1. The Hall–Kier alpha value is -2.38. The van der Waals surface area contributed by atoms with Crippen LogP contribution < -0.4 is 0 Å². The third-order valence-electron chi connectivity index (χ3n) is 5.26. The zero-order valence-corrected chi connectivity index (χ0v) is 16.1. The van der Waals surface area contributed by atoms with Crippen molar-refractivity contribution in [1.29, 1.82) is 0 Å². The van der Waals surface area contributed by atoms with E-state index in [1.165, 1.54) is 7.11 Å². The molecule has 0 spiro atoms. The molecule has 0 bridgehead atoms. The third-order valence-corrected chi connectivity index (χ3v) is 5.26. The highest BCUT2D eigenvalue weighted by atomic mass is 16.7. The Bertz CT molecular complexity index is 892. The van der Waals surface area contributed by atoms with Gasteiger partial charge in [-0.1, -0.05) is 48.5 Å². The van der Waals surface area contributed by atoms with Gasteiger partial charge in [-0.3, -0.25) is 9.59 Å². The Morgan fingerprint density at radius 2 is 1.71 bits per heavy atom. The number of Topliss-reactive ketones (excluding diaryl/α,β-unsaturated/α-hetero) is 2. The summed E-state index contributed by atoms with van der Waals surface area (Å²) in [7, 11) is 1.37. The number of methoxy groups -OCH3 is 1. The second-order valence-electron chi connectivity index (χ2n) is 7.12. The molecule has 0 aliphatic carbocycles. The van der Waals surface area contributed by atoms with Crippen molar-refractivity contribution in [3.8, 4) is 0 Å². The molecule has 0 radical (unpaired) electrons. The first-order valence-corrected chi connectivity index (χ1v) is 9.08. The number of ketones is 2. The fraction of sp³-hybridized carbons (Fsp3) is 0.364. The zero-order valence-electron chi connectivity index (χ0n) is 16.1. The molecule has 0 aromatic heterocycles. The van der Waals surface area contributed by atoms with E-state index in [1.807, 2.05) is 0 Å². The first-order chi connectivity index (χ1) is 13.3. The Morgan fingerprint density at radius 1 is 1.11 bits per heavy atom. The molecule has 1 aliphatic heterocycles. The van der Waals surface area contributed by atoms with Gasteiger partial charge in [-0.05, 0) is 30.5 Å². The maximum atomic E-state index is 13.2. The highest BCUT2D eigenvalue weighted by Gasteiger charge is 2.57. The van der Waals surface area contributed by atoms with Gasteiger partial charge in [0.25, 0.3) is 0 Å². The predicted molar refractivity (Wildman–Crippen MR) is 102 cm³/mol. The summed E-state index contributed by atoms with van der Waals surface area (Å²) in [5.74, 6) is -1.40. The van der Waals surface area contributed by atoms with E-state index in [1.54, 1.807) is 62.4 Å². The van der Waals surface area contributed by atoms with Crippen molar-refractivity contribution < 1.29 is 29.3 Å². The van der Waals surface area contributed by atoms with Crippen molar-refractivity contribution in [2.75, 3.05) is 7.11 Å². The minimum atomic E-state index is -2.13. The lowest BCUT2D eigenvalue weighted by molar-refractivity contribution is -0.159. The van der Waals surface area contributed by atoms with Crippen LogP contribution in [0, 0.1) is 13.8 Å². The van der Waals surface area contributed by atoms with Gasteiger partial charge < -0.3 is 19.7 Å². The average molecular weight is 384 g/mol. The topological polar surface area (TPSA) is 93.1 Å². The number of benzene rings is 2. The van der Waals surface area contributed by atoms with Crippen molar-refractivity contribution in [1.82, 2.24) is 0 Å². The van der Waals surface area contributed by atoms with Crippen LogP contribution in [0.25, 0.3) is 0 Å². The van der Waals surface area contributed by atoms with Crippen molar-refractivity contribution in [3.05, 3.63) is 70.8 Å². The highest BCUT2D eigenvalue weighted by Crippen LogP contribution is 2.37. The molecule has 0 amide bonds. The lowest BCUT2D eigenvalue weighted by atomic mass is 9.81. The number of hydrogen-bond donors (Lipinski definition) is 2. The molecule has 3 rings (SSSR count). The number of aliphatic hydroxyl groups is 2. The molecule has 2 N–H and O–H groups in total. The van der Waals surface area contributed by atoms with Gasteiger partial charge in [0.2, 0.25) is 0 Å². The number of ether oxygens (including phenoxy) is 2. The molecule has 1 saturated heterocycles. The van der Waals surface area contributed by atoms with Crippen LogP contribution in [0.3, 0.4) is 0 Å². The van der Waals surface area contributed by atoms with E-state index in [-0.39, 0.29) is 6.42 Å². The molecule has 2 aromatic carbocycles. The molecule has 6 nitrogen and oxygen atoms in total. The van der Waals surface area contributed by atoms with E-state index in [4.69, 9.17) is 9.47 Å². The summed E-state index contributed by atoms with van der Waals surface area (Å²) in [6.07, 6.45) is -4.21. The maximum absolute atomic E-state index is 13.2. The Balaban J connectivity index is 1.98. The number of aryl methyl sites for hydroxylation is 2. The van der Waals surface area contributed by atoms with E-state index in [2.05, 4.69) is 0 Å². The van der Waals surface area contributed by atoms with Crippen molar-refractivity contribution in [3.63, 3.8) is 0 Å². The van der Waals surface area contributed by atoms with Gasteiger partial charge in [0, 0.05) is 19.1 Å². The van der Waals surface area contributed by atoms with Crippen molar-refractivity contribution in [2.24, 2.45) is 0 Å². The van der Waals surface area contributed by atoms with Gasteiger partial charge >= 0.3 is 0 Å². The largest absolute Gasteiger partial charge is 0.380 e. The summed E-state index contributed by atoms with van der Waals surface area (Å²) in [5, 5.41) is 21.9. The monoisotopic (exact) mass is 384 g/mol. The summed E-state index contributed by atoms with van der Waals surface area (Å²) in [6, 6.07) is 13.7. The first kappa shape index (κ1) is 20.4. The summed E-state index contributed by atoms with van der Waals surface area (Å²) < 4.78 is 10.7. The molecule has 1 aliphatic rings. The minimum Gasteiger partial charge on any atom is -0.380 e. The molecule has 4 atom stereocenters. The molecule has 1 fully saturated rings. The summed E-state index contributed by atoms with van der Waals surface area (Å²) in [4.78, 5) is 26.2. The van der Waals surface area contributed by atoms with Crippen LogP contribution in [-0.2, 0) is 14.3 Å². The zero-order chi connectivity index (χ0) is 20.5. The molecule has 0 saturated carbocycles. The Morgan fingerprint density at radius 3 is 2.32 bits per heavy atom. The van der Waals surface area contributed by atoms with E-state index in [9.17, 15) is 19.8 Å². The molecule has 2 aromatic rings. The molecular weight excluding hydrogens is 360 g/mol. The molecular formula is C22H24O6. The van der Waals surface area contributed by atoms with E-state index < -0.39 is 35.7 Å². The number of hydrogen-bond acceptors (Lipinski definition) is 6. The van der Waals surface area contributed by atoms with Crippen LogP contribution in [0.4, 0.5) is 0 Å². The van der Waals surface area contributed by atoms with E-state index in [0.717, 1.165) is 5.56 Å². The van der Waals surface area contributed by atoms with Crippen LogP contribution in [0.2, 0.25) is 0 Å². The smallest absolute Gasteiger partial charge is 0.198 e. The van der Waals surface area contributed by atoms with Gasteiger partial charge in [-0.25, -0.2) is 0 Å².